The zero-order valence-electron chi connectivity index (χ0n) is 16.6. The van der Waals surface area contributed by atoms with Gasteiger partial charge in [-0.05, 0) is 49.8 Å². The van der Waals surface area contributed by atoms with Gasteiger partial charge in [-0.3, -0.25) is 14.5 Å². The lowest BCUT2D eigenvalue weighted by molar-refractivity contribution is -0.140. The highest BCUT2D eigenvalue weighted by molar-refractivity contribution is 6.52. The number of rotatable bonds is 5. The molecule has 2 heterocycles. The number of anilines is 1. The molecule has 0 aromatic heterocycles. The number of hydrogen-bond acceptors (Lipinski definition) is 4. The molecular weight excluding hydrogens is 366 g/mol. The molecule has 0 bridgehead atoms. The van der Waals surface area contributed by atoms with E-state index in [1.807, 2.05) is 25.1 Å². The normalized spacial score (nSPS) is 18.7. The van der Waals surface area contributed by atoms with Crippen LogP contribution in [0.15, 0.2) is 54.6 Å². The van der Waals surface area contributed by atoms with E-state index in [-0.39, 0.29) is 6.67 Å². The molecule has 2 aliphatic heterocycles. The fourth-order valence-corrected chi connectivity index (χ4v) is 4.03. The van der Waals surface area contributed by atoms with Crippen LogP contribution in [0.3, 0.4) is 0 Å². The Hall–Kier alpha value is -2.99. The minimum atomic E-state index is -0.780. The van der Waals surface area contributed by atoms with Crippen LogP contribution in [0.4, 0.5) is 10.5 Å². The predicted molar refractivity (Wildman–Crippen MR) is 110 cm³/mol. The Bertz CT molecular complexity index is 903. The van der Waals surface area contributed by atoms with E-state index in [9.17, 15) is 14.4 Å². The van der Waals surface area contributed by atoms with Gasteiger partial charge < -0.3 is 0 Å². The van der Waals surface area contributed by atoms with Crippen LogP contribution < -0.4 is 4.90 Å². The third-order valence-corrected chi connectivity index (χ3v) is 5.76. The number of benzene rings is 2. The third kappa shape index (κ3) is 4.07. The summed E-state index contributed by atoms with van der Waals surface area (Å²) in [6, 6.07) is 16.9. The van der Waals surface area contributed by atoms with Crippen LogP contribution in [0.1, 0.15) is 24.0 Å². The van der Waals surface area contributed by atoms with E-state index in [1.54, 1.807) is 12.1 Å². The number of hydrogen-bond donors (Lipinski definition) is 0. The molecule has 2 aromatic carbocycles. The van der Waals surface area contributed by atoms with Crippen LogP contribution in [0, 0.1) is 12.8 Å². The average molecular weight is 391 g/mol. The first-order valence-electron chi connectivity index (χ1n) is 10.1. The quantitative estimate of drug-likeness (QED) is 0.580. The van der Waals surface area contributed by atoms with Crippen LogP contribution in [-0.2, 0) is 16.0 Å². The number of urea groups is 1. The molecule has 29 heavy (non-hydrogen) atoms. The van der Waals surface area contributed by atoms with E-state index in [4.69, 9.17) is 0 Å². The number of carbonyl (C=O) groups is 3. The number of nitrogens with zero attached hydrogens (tertiary/aromatic N) is 3. The molecule has 2 saturated heterocycles. The summed E-state index contributed by atoms with van der Waals surface area (Å²) in [5.74, 6) is -0.927. The standard InChI is InChI=1S/C23H25N3O3/c1-17-7-9-20(10-8-17)26-22(28)21(27)25(23(26)29)16-24-13-11-19(12-14-24)15-18-5-3-2-4-6-18/h2-10,19H,11-16H2,1H3. The number of amides is 4. The lowest BCUT2D eigenvalue weighted by Gasteiger charge is -2.33. The van der Waals surface area contributed by atoms with E-state index in [1.165, 1.54) is 5.56 Å². The van der Waals surface area contributed by atoms with E-state index in [2.05, 4.69) is 29.2 Å². The fourth-order valence-electron chi connectivity index (χ4n) is 4.03. The molecule has 0 unspecified atom stereocenters. The number of imide groups is 2. The van der Waals surface area contributed by atoms with Crippen LogP contribution in [0.5, 0.6) is 0 Å². The van der Waals surface area contributed by atoms with Crippen molar-refractivity contribution in [2.75, 3.05) is 24.7 Å². The molecule has 0 saturated carbocycles. The van der Waals surface area contributed by atoms with Crippen molar-refractivity contribution in [1.29, 1.82) is 0 Å². The van der Waals surface area contributed by atoms with Gasteiger partial charge in [0, 0.05) is 13.1 Å². The highest BCUT2D eigenvalue weighted by atomic mass is 16.2. The van der Waals surface area contributed by atoms with Crippen molar-refractivity contribution in [1.82, 2.24) is 9.80 Å². The topological polar surface area (TPSA) is 60.9 Å². The summed E-state index contributed by atoms with van der Waals surface area (Å²) in [7, 11) is 0. The Labute approximate surface area is 170 Å². The fraction of sp³-hybridized carbons (Fsp3) is 0.348. The van der Waals surface area contributed by atoms with Gasteiger partial charge in [0.25, 0.3) is 0 Å². The van der Waals surface area contributed by atoms with Crippen molar-refractivity contribution < 1.29 is 14.4 Å². The SMILES string of the molecule is Cc1ccc(N2C(=O)C(=O)N(CN3CCC(Cc4ccccc4)CC3)C2=O)cc1. The second kappa shape index (κ2) is 8.17. The summed E-state index contributed by atoms with van der Waals surface area (Å²) >= 11 is 0. The number of likely N-dealkylation sites (tertiary alicyclic amines) is 1. The molecule has 0 N–H and O–H groups in total. The minimum absolute atomic E-state index is 0.170. The monoisotopic (exact) mass is 391 g/mol. The molecule has 2 aromatic rings. The van der Waals surface area contributed by atoms with E-state index in [0.29, 0.717) is 11.6 Å². The largest absolute Gasteiger partial charge is 0.340 e. The van der Waals surface area contributed by atoms with Crippen molar-refractivity contribution in [3.05, 3.63) is 65.7 Å². The van der Waals surface area contributed by atoms with Gasteiger partial charge in [-0.15, -0.1) is 0 Å². The Morgan fingerprint density at radius 3 is 2.17 bits per heavy atom. The van der Waals surface area contributed by atoms with Gasteiger partial charge in [-0.25, -0.2) is 14.6 Å². The summed E-state index contributed by atoms with van der Waals surface area (Å²) in [5, 5.41) is 0. The second-order valence-electron chi connectivity index (χ2n) is 7.88. The van der Waals surface area contributed by atoms with Crippen molar-refractivity contribution in [2.45, 2.75) is 26.2 Å². The van der Waals surface area contributed by atoms with Crippen molar-refractivity contribution >= 4 is 23.5 Å². The summed E-state index contributed by atoms with van der Waals surface area (Å²) in [5.41, 5.74) is 2.80. The zero-order valence-corrected chi connectivity index (χ0v) is 16.6. The van der Waals surface area contributed by atoms with E-state index >= 15 is 0 Å². The Kier molecular flexibility index (Phi) is 5.45. The first kappa shape index (κ1) is 19.3. The van der Waals surface area contributed by atoms with Gasteiger partial charge in [0.2, 0.25) is 0 Å². The van der Waals surface area contributed by atoms with Crippen molar-refractivity contribution in [3.8, 4) is 0 Å². The molecule has 0 atom stereocenters. The van der Waals surface area contributed by atoms with E-state index < -0.39 is 17.8 Å². The molecule has 2 fully saturated rings. The van der Waals surface area contributed by atoms with Gasteiger partial charge in [0.05, 0.1) is 12.4 Å². The molecule has 4 rings (SSSR count). The first-order chi connectivity index (χ1) is 14.0. The van der Waals surface area contributed by atoms with Crippen LogP contribution in [0.25, 0.3) is 0 Å². The maximum absolute atomic E-state index is 12.8. The van der Waals surface area contributed by atoms with E-state index in [0.717, 1.165) is 47.7 Å². The highest BCUT2D eigenvalue weighted by Gasteiger charge is 2.46. The molecular formula is C23H25N3O3. The molecule has 150 valence electrons. The Morgan fingerprint density at radius 2 is 1.52 bits per heavy atom. The molecule has 0 radical (unpaired) electrons. The van der Waals surface area contributed by atoms with Crippen LogP contribution in [0.2, 0.25) is 0 Å². The van der Waals surface area contributed by atoms with Gasteiger partial charge >= 0.3 is 17.8 Å². The lowest BCUT2D eigenvalue weighted by Crippen LogP contribution is -2.45. The molecule has 6 heteroatoms. The van der Waals surface area contributed by atoms with Crippen LogP contribution >= 0.6 is 0 Å². The molecule has 0 spiro atoms. The summed E-state index contributed by atoms with van der Waals surface area (Å²) in [4.78, 5) is 41.7. The molecule has 2 aliphatic rings. The Balaban J connectivity index is 1.36. The molecule has 4 amide bonds. The van der Waals surface area contributed by atoms with Crippen molar-refractivity contribution in [2.24, 2.45) is 5.92 Å². The minimum Gasteiger partial charge on any atom is -0.285 e. The maximum Gasteiger partial charge on any atom is 0.340 e. The number of carbonyl (C=O) groups excluding carboxylic acids is 3. The molecule has 0 aliphatic carbocycles. The Morgan fingerprint density at radius 1 is 0.862 bits per heavy atom. The summed E-state index contributed by atoms with van der Waals surface area (Å²) in [6.45, 7) is 3.72. The summed E-state index contributed by atoms with van der Waals surface area (Å²) < 4.78 is 0. The first-order valence-corrected chi connectivity index (χ1v) is 10.1. The lowest BCUT2D eigenvalue weighted by atomic mass is 9.90. The predicted octanol–water partition coefficient (Wildman–Crippen LogP) is 3.20. The third-order valence-electron chi connectivity index (χ3n) is 5.76. The number of aryl methyl sites for hydroxylation is 1. The highest BCUT2D eigenvalue weighted by Crippen LogP contribution is 2.25. The van der Waals surface area contributed by atoms with Gasteiger partial charge in [0.1, 0.15) is 0 Å². The van der Waals surface area contributed by atoms with Crippen LogP contribution in [-0.4, -0.2) is 47.4 Å². The van der Waals surface area contributed by atoms with Crippen molar-refractivity contribution in [3.63, 3.8) is 0 Å². The maximum atomic E-state index is 12.8. The smallest absolute Gasteiger partial charge is 0.285 e. The average Bonchev–Trinajstić information content (AvgIpc) is 2.94. The second-order valence-corrected chi connectivity index (χ2v) is 7.88. The van der Waals surface area contributed by atoms with Gasteiger partial charge in [-0.2, -0.15) is 0 Å². The van der Waals surface area contributed by atoms with Gasteiger partial charge in [0.15, 0.2) is 0 Å². The summed E-state index contributed by atoms with van der Waals surface area (Å²) in [6.07, 6.45) is 3.08. The zero-order chi connectivity index (χ0) is 20.4. The number of piperidine rings is 1. The molecule has 6 nitrogen and oxygen atoms in total. The van der Waals surface area contributed by atoms with Gasteiger partial charge in [-0.1, -0.05) is 48.0 Å².